The number of benzene rings is 1. The molecule has 22 heavy (non-hydrogen) atoms. The van der Waals surface area contributed by atoms with E-state index in [2.05, 4.69) is 11.8 Å². The molecule has 0 unspecified atom stereocenters. The molecule has 2 nitrogen and oxygen atoms in total. The summed E-state index contributed by atoms with van der Waals surface area (Å²) in [5.41, 5.74) is 0.233. The van der Waals surface area contributed by atoms with Gasteiger partial charge in [-0.25, -0.2) is 0 Å². The van der Waals surface area contributed by atoms with Crippen LogP contribution in [0.15, 0.2) is 18.2 Å². The predicted molar refractivity (Wildman–Crippen MR) is 84.5 cm³/mol. The van der Waals surface area contributed by atoms with E-state index in [4.69, 9.17) is 0 Å². The smallest absolute Gasteiger partial charge is 0.368 e. The van der Waals surface area contributed by atoms with Gasteiger partial charge in [0, 0.05) is 31.9 Å². The van der Waals surface area contributed by atoms with E-state index in [1.54, 1.807) is 6.07 Å². The summed E-state index contributed by atoms with van der Waals surface area (Å²) in [5, 5.41) is 0. The number of anilines is 1. The van der Waals surface area contributed by atoms with Gasteiger partial charge in [-0.1, -0.05) is 33.8 Å². The van der Waals surface area contributed by atoms with E-state index in [1.165, 1.54) is 6.07 Å². The van der Waals surface area contributed by atoms with Crippen LogP contribution in [0.25, 0.3) is 0 Å². The summed E-state index contributed by atoms with van der Waals surface area (Å²) in [6, 6.07) is 4.79. The fourth-order valence-electron chi connectivity index (χ4n) is 2.81. The van der Waals surface area contributed by atoms with Crippen LogP contribution in [0.4, 0.5) is 18.9 Å². The molecule has 2 rings (SSSR count). The van der Waals surface area contributed by atoms with E-state index < -0.39 is 11.7 Å². The van der Waals surface area contributed by atoms with Gasteiger partial charge in [-0.05, 0) is 29.7 Å². The lowest BCUT2D eigenvalue weighted by atomic mass is 9.85. The van der Waals surface area contributed by atoms with Crippen molar-refractivity contribution in [1.29, 1.82) is 0 Å². The molecule has 0 N–H and O–H groups in total. The quantitative estimate of drug-likeness (QED) is 0.809. The number of piperazine rings is 1. The van der Waals surface area contributed by atoms with Crippen LogP contribution < -0.4 is 4.90 Å². The van der Waals surface area contributed by atoms with E-state index in [-0.39, 0.29) is 5.41 Å². The molecule has 0 spiro atoms. The fourth-order valence-corrected chi connectivity index (χ4v) is 2.81. The van der Waals surface area contributed by atoms with Crippen LogP contribution in [0.2, 0.25) is 0 Å². The minimum atomic E-state index is -4.32. The summed E-state index contributed by atoms with van der Waals surface area (Å²) in [6.45, 7) is 11.7. The number of hydrogen-bond donors (Lipinski definition) is 0. The minimum absolute atomic E-state index is 0.292. The first-order valence-electron chi connectivity index (χ1n) is 7.82. The number of halogens is 3. The second-order valence-electron chi connectivity index (χ2n) is 6.90. The van der Waals surface area contributed by atoms with E-state index in [1.807, 2.05) is 31.7 Å². The van der Waals surface area contributed by atoms with Gasteiger partial charge in [0.05, 0.1) is 5.56 Å². The second-order valence-corrected chi connectivity index (χ2v) is 6.90. The Bertz CT molecular complexity index is 510. The van der Waals surface area contributed by atoms with Crippen LogP contribution in [0.5, 0.6) is 0 Å². The fraction of sp³-hybridized carbons (Fsp3) is 0.647. The van der Waals surface area contributed by atoms with E-state index in [0.717, 1.165) is 25.2 Å². The first-order chi connectivity index (χ1) is 10.1. The van der Waals surface area contributed by atoms with Crippen molar-refractivity contribution in [2.45, 2.75) is 39.3 Å². The van der Waals surface area contributed by atoms with E-state index in [0.29, 0.717) is 18.8 Å². The highest BCUT2D eigenvalue weighted by atomic mass is 19.4. The van der Waals surface area contributed by atoms with Crippen molar-refractivity contribution in [2.24, 2.45) is 0 Å². The number of nitrogens with zero attached hydrogens (tertiary/aromatic N) is 2. The number of alkyl halides is 3. The zero-order valence-corrected chi connectivity index (χ0v) is 13.8. The van der Waals surface area contributed by atoms with Gasteiger partial charge >= 0.3 is 6.18 Å². The average molecular weight is 314 g/mol. The highest BCUT2D eigenvalue weighted by Crippen LogP contribution is 2.39. The third kappa shape index (κ3) is 3.75. The van der Waals surface area contributed by atoms with Gasteiger partial charge < -0.3 is 9.80 Å². The molecule has 1 saturated heterocycles. The molecule has 124 valence electrons. The maximum atomic E-state index is 13.5. The lowest BCUT2D eigenvalue weighted by Gasteiger charge is -2.37. The summed E-state index contributed by atoms with van der Waals surface area (Å²) in [4.78, 5) is 4.12. The molecule has 0 saturated carbocycles. The van der Waals surface area contributed by atoms with Crippen molar-refractivity contribution >= 4 is 5.69 Å². The highest BCUT2D eigenvalue weighted by Gasteiger charge is 2.36. The van der Waals surface area contributed by atoms with Crippen molar-refractivity contribution in [3.63, 3.8) is 0 Å². The Balaban J connectivity index is 2.35. The SMILES string of the molecule is CCN1CCN(c2ccc(C(C)(C)C)cc2C(F)(F)F)CC1. The third-order valence-corrected chi connectivity index (χ3v) is 4.33. The molecular formula is C17H25F3N2. The largest absolute Gasteiger partial charge is 0.418 e. The van der Waals surface area contributed by atoms with Crippen LogP contribution in [-0.2, 0) is 11.6 Å². The summed E-state index contributed by atoms with van der Waals surface area (Å²) in [6.07, 6.45) is -4.32. The Kier molecular flexibility index (Phi) is 4.76. The summed E-state index contributed by atoms with van der Waals surface area (Å²) in [5.74, 6) is 0. The second kappa shape index (κ2) is 6.11. The zero-order valence-electron chi connectivity index (χ0n) is 13.8. The molecule has 5 heteroatoms. The minimum Gasteiger partial charge on any atom is -0.368 e. The molecule has 0 aromatic heterocycles. The number of hydrogen-bond acceptors (Lipinski definition) is 2. The van der Waals surface area contributed by atoms with Crippen molar-refractivity contribution in [1.82, 2.24) is 4.90 Å². The molecule has 1 aromatic carbocycles. The summed E-state index contributed by atoms with van der Waals surface area (Å²) in [7, 11) is 0. The van der Waals surface area contributed by atoms with Crippen LogP contribution in [-0.4, -0.2) is 37.6 Å². The van der Waals surface area contributed by atoms with E-state index >= 15 is 0 Å². The standard InChI is InChI=1S/C17H25F3N2/c1-5-21-8-10-22(11-9-21)15-7-6-13(16(2,3)4)12-14(15)17(18,19)20/h6-7,12H,5,8-11H2,1-4H3. The molecule has 0 radical (unpaired) electrons. The predicted octanol–water partition coefficient (Wildman–Crippen LogP) is 4.14. The van der Waals surface area contributed by atoms with Crippen LogP contribution in [0.1, 0.15) is 38.8 Å². The van der Waals surface area contributed by atoms with Gasteiger partial charge in [-0.2, -0.15) is 13.2 Å². The Morgan fingerprint density at radius 3 is 2.05 bits per heavy atom. The molecule has 1 aromatic rings. The number of rotatable bonds is 2. The molecule has 0 aliphatic carbocycles. The molecule has 1 fully saturated rings. The van der Waals surface area contributed by atoms with Gasteiger partial charge in [0.2, 0.25) is 0 Å². The molecule has 0 amide bonds. The summed E-state index contributed by atoms with van der Waals surface area (Å²) >= 11 is 0. The number of likely N-dealkylation sites (N-methyl/N-ethyl adjacent to an activating group) is 1. The highest BCUT2D eigenvalue weighted by molar-refractivity contribution is 5.57. The molecule has 1 aliphatic heterocycles. The molecule has 1 heterocycles. The van der Waals surface area contributed by atoms with Crippen molar-refractivity contribution in [3.05, 3.63) is 29.3 Å². The van der Waals surface area contributed by atoms with Crippen molar-refractivity contribution in [2.75, 3.05) is 37.6 Å². The molecular weight excluding hydrogens is 289 g/mol. The summed E-state index contributed by atoms with van der Waals surface area (Å²) < 4.78 is 40.4. The maximum Gasteiger partial charge on any atom is 0.418 e. The molecule has 0 atom stereocenters. The van der Waals surface area contributed by atoms with Gasteiger partial charge in [-0.15, -0.1) is 0 Å². The Hall–Kier alpha value is -1.23. The lowest BCUT2D eigenvalue weighted by molar-refractivity contribution is -0.137. The topological polar surface area (TPSA) is 6.48 Å². The van der Waals surface area contributed by atoms with Crippen LogP contribution in [0, 0.1) is 0 Å². The average Bonchev–Trinajstić information content (AvgIpc) is 2.45. The van der Waals surface area contributed by atoms with Crippen molar-refractivity contribution in [3.8, 4) is 0 Å². The van der Waals surface area contributed by atoms with Gasteiger partial charge in [0.15, 0.2) is 0 Å². The first kappa shape index (κ1) is 17.1. The third-order valence-electron chi connectivity index (χ3n) is 4.33. The van der Waals surface area contributed by atoms with Crippen molar-refractivity contribution < 1.29 is 13.2 Å². The Labute approximate surface area is 130 Å². The normalized spacial score (nSPS) is 17.9. The van der Waals surface area contributed by atoms with Gasteiger partial charge in [0.1, 0.15) is 0 Å². The molecule has 0 bridgehead atoms. The monoisotopic (exact) mass is 314 g/mol. The molecule has 1 aliphatic rings. The Morgan fingerprint density at radius 1 is 1.00 bits per heavy atom. The van der Waals surface area contributed by atoms with Crippen LogP contribution >= 0.6 is 0 Å². The van der Waals surface area contributed by atoms with Crippen LogP contribution in [0.3, 0.4) is 0 Å². The van der Waals surface area contributed by atoms with Gasteiger partial charge in [0.25, 0.3) is 0 Å². The first-order valence-corrected chi connectivity index (χ1v) is 7.82. The Morgan fingerprint density at radius 2 is 1.59 bits per heavy atom. The lowest BCUT2D eigenvalue weighted by Crippen LogP contribution is -2.46. The van der Waals surface area contributed by atoms with Gasteiger partial charge in [-0.3, -0.25) is 0 Å². The van der Waals surface area contributed by atoms with E-state index in [9.17, 15) is 13.2 Å². The maximum absolute atomic E-state index is 13.5. The zero-order chi connectivity index (χ0) is 16.5.